The molecule has 0 amide bonds. The molecule has 1 saturated carbocycles. The Kier molecular flexibility index (Phi) is 5.10. The van der Waals surface area contributed by atoms with Gasteiger partial charge in [-0.25, -0.2) is 0 Å². The minimum Gasteiger partial charge on any atom is -0.392 e. The molecule has 1 aliphatic rings. The highest BCUT2D eigenvalue weighted by Crippen LogP contribution is 2.23. The average molecular weight is 265 g/mol. The summed E-state index contributed by atoms with van der Waals surface area (Å²) in [5.41, 5.74) is 1.30. The number of nitrogens with one attached hydrogen (secondary N) is 1. The molecule has 0 aromatic heterocycles. The van der Waals surface area contributed by atoms with Crippen LogP contribution in [0.2, 0.25) is 0 Å². The van der Waals surface area contributed by atoms with E-state index in [1.54, 1.807) is 11.8 Å². The highest BCUT2D eigenvalue weighted by atomic mass is 32.2. The molecule has 100 valence electrons. The lowest BCUT2D eigenvalue weighted by molar-refractivity contribution is 0.0860. The molecule has 1 aromatic rings. The van der Waals surface area contributed by atoms with Crippen molar-refractivity contribution in [3.8, 4) is 0 Å². The van der Waals surface area contributed by atoms with Gasteiger partial charge in [-0.1, -0.05) is 25.0 Å². The van der Waals surface area contributed by atoms with Gasteiger partial charge in [0.2, 0.25) is 0 Å². The van der Waals surface area contributed by atoms with Crippen molar-refractivity contribution in [3.05, 3.63) is 29.8 Å². The molecule has 1 aliphatic carbocycles. The first-order valence-electron chi connectivity index (χ1n) is 6.79. The van der Waals surface area contributed by atoms with Crippen molar-refractivity contribution in [3.63, 3.8) is 0 Å². The van der Waals surface area contributed by atoms with Gasteiger partial charge >= 0.3 is 0 Å². The van der Waals surface area contributed by atoms with Crippen LogP contribution in [-0.2, 0) is 0 Å². The molecular weight excluding hydrogens is 242 g/mol. The van der Waals surface area contributed by atoms with Crippen LogP contribution < -0.4 is 5.32 Å². The van der Waals surface area contributed by atoms with Crippen LogP contribution in [0.25, 0.3) is 0 Å². The first kappa shape index (κ1) is 13.9. The van der Waals surface area contributed by atoms with Crippen LogP contribution >= 0.6 is 11.8 Å². The van der Waals surface area contributed by atoms with E-state index in [1.807, 2.05) is 0 Å². The van der Waals surface area contributed by atoms with Crippen LogP contribution in [0.1, 0.15) is 44.2 Å². The van der Waals surface area contributed by atoms with Gasteiger partial charge in [0.25, 0.3) is 0 Å². The summed E-state index contributed by atoms with van der Waals surface area (Å²) in [7, 11) is 0. The van der Waals surface area contributed by atoms with E-state index < -0.39 is 0 Å². The molecule has 0 radical (unpaired) electrons. The molecule has 2 N–H and O–H groups in total. The molecule has 3 atom stereocenters. The van der Waals surface area contributed by atoms with E-state index in [9.17, 15) is 5.11 Å². The third kappa shape index (κ3) is 3.50. The summed E-state index contributed by atoms with van der Waals surface area (Å²) in [6.07, 6.45) is 6.34. The van der Waals surface area contributed by atoms with Crippen molar-refractivity contribution in [1.82, 2.24) is 5.32 Å². The number of benzene rings is 1. The predicted molar refractivity (Wildman–Crippen MR) is 78.0 cm³/mol. The molecule has 0 aliphatic heterocycles. The van der Waals surface area contributed by atoms with E-state index >= 15 is 0 Å². The monoisotopic (exact) mass is 265 g/mol. The Morgan fingerprint density at radius 2 is 1.89 bits per heavy atom. The number of aliphatic hydroxyl groups is 1. The first-order chi connectivity index (χ1) is 8.70. The fourth-order valence-corrected chi connectivity index (χ4v) is 3.02. The summed E-state index contributed by atoms with van der Waals surface area (Å²) < 4.78 is 0. The fourth-order valence-electron chi connectivity index (χ4n) is 2.62. The lowest BCUT2D eigenvalue weighted by atomic mass is 9.91. The van der Waals surface area contributed by atoms with E-state index in [0.29, 0.717) is 6.04 Å². The van der Waals surface area contributed by atoms with Gasteiger partial charge < -0.3 is 10.4 Å². The van der Waals surface area contributed by atoms with Gasteiger partial charge in [0.05, 0.1) is 6.10 Å². The summed E-state index contributed by atoms with van der Waals surface area (Å²) >= 11 is 1.76. The smallest absolute Gasteiger partial charge is 0.0693 e. The molecule has 1 fully saturated rings. The molecule has 3 unspecified atom stereocenters. The minimum absolute atomic E-state index is 0.174. The number of rotatable bonds is 4. The number of aliphatic hydroxyl groups excluding tert-OH is 1. The van der Waals surface area contributed by atoms with E-state index in [0.717, 1.165) is 19.3 Å². The van der Waals surface area contributed by atoms with Gasteiger partial charge in [-0.2, -0.15) is 0 Å². The molecule has 2 nitrogen and oxygen atoms in total. The second-order valence-corrected chi connectivity index (χ2v) is 6.00. The van der Waals surface area contributed by atoms with Crippen LogP contribution in [-0.4, -0.2) is 23.5 Å². The van der Waals surface area contributed by atoms with Gasteiger partial charge in [0.1, 0.15) is 0 Å². The third-order valence-corrected chi connectivity index (χ3v) is 4.55. The molecule has 0 heterocycles. The van der Waals surface area contributed by atoms with Gasteiger partial charge in [-0.15, -0.1) is 11.8 Å². The van der Waals surface area contributed by atoms with Crippen molar-refractivity contribution in [2.45, 2.75) is 55.7 Å². The lowest BCUT2D eigenvalue weighted by Gasteiger charge is -2.31. The summed E-state index contributed by atoms with van der Waals surface area (Å²) in [5, 5.41) is 13.5. The molecular formula is C15H23NOS. The highest BCUT2D eigenvalue weighted by molar-refractivity contribution is 7.98. The number of hydrogen-bond donors (Lipinski definition) is 2. The van der Waals surface area contributed by atoms with Crippen LogP contribution in [0, 0.1) is 0 Å². The molecule has 3 heteroatoms. The zero-order chi connectivity index (χ0) is 13.0. The van der Waals surface area contributed by atoms with E-state index in [4.69, 9.17) is 0 Å². The normalized spacial score (nSPS) is 25.9. The molecule has 1 aromatic carbocycles. The molecule has 0 bridgehead atoms. The second kappa shape index (κ2) is 6.60. The Bertz CT molecular complexity index is 365. The van der Waals surface area contributed by atoms with Gasteiger partial charge in [-0.3, -0.25) is 0 Å². The van der Waals surface area contributed by atoms with Crippen LogP contribution in [0.4, 0.5) is 0 Å². The summed E-state index contributed by atoms with van der Waals surface area (Å²) in [5.74, 6) is 0. The number of hydrogen-bond acceptors (Lipinski definition) is 3. The maximum Gasteiger partial charge on any atom is 0.0693 e. The topological polar surface area (TPSA) is 32.3 Å². The van der Waals surface area contributed by atoms with Crippen LogP contribution in [0.3, 0.4) is 0 Å². The molecule has 0 saturated heterocycles. The standard InChI is InChI=1S/C15H23NOS/c1-11(12-7-9-13(18-2)10-8-12)16-14-5-3-4-6-15(14)17/h7-11,14-17H,3-6H2,1-2H3. The van der Waals surface area contributed by atoms with Crippen molar-refractivity contribution >= 4 is 11.8 Å². The zero-order valence-electron chi connectivity index (χ0n) is 11.2. The Morgan fingerprint density at radius 1 is 1.22 bits per heavy atom. The molecule has 2 rings (SSSR count). The van der Waals surface area contributed by atoms with Gasteiger partial charge in [-0.05, 0) is 43.7 Å². The number of thioether (sulfide) groups is 1. The van der Waals surface area contributed by atoms with Crippen molar-refractivity contribution in [2.75, 3.05) is 6.26 Å². The average Bonchev–Trinajstić information content (AvgIpc) is 2.41. The largest absolute Gasteiger partial charge is 0.392 e. The predicted octanol–water partition coefficient (Wildman–Crippen LogP) is 3.36. The Hall–Kier alpha value is -0.510. The van der Waals surface area contributed by atoms with Crippen LogP contribution in [0.15, 0.2) is 29.2 Å². The highest BCUT2D eigenvalue weighted by Gasteiger charge is 2.24. The van der Waals surface area contributed by atoms with Gasteiger partial charge in [0, 0.05) is 17.0 Å². The second-order valence-electron chi connectivity index (χ2n) is 5.12. The van der Waals surface area contributed by atoms with Gasteiger partial charge in [0.15, 0.2) is 0 Å². The fraction of sp³-hybridized carbons (Fsp3) is 0.600. The quantitative estimate of drug-likeness (QED) is 0.819. The first-order valence-corrected chi connectivity index (χ1v) is 8.01. The van der Waals surface area contributed by atoms with Crippen LogP contribution in [0.5, 0.6) is 0 Å². The van der Waals surface area contributed by atoms with E-state index in [1.165, 1.54) is 16.9 Å². The minimum atomic E-state index is -0.174. The SMILES string of the molecule is CSc1ccc(C(C)NC2CCCCC2O)cc1. The molecule has 18 heavy (non-hydrogen) atoms. The Morgan fingerprint density at radius 3 is 2.50 bits per heavy atom. The summed E-state index contributed by atoms with van der Waals surface area (Å²) in [4.78, 5) is 1.30. The van der Waals surface area contributed by atoms with Crippen molar-refractivity contribution in [2.24, 2.45) is 0 Å². The maximum atomic E-state index is 9.98. The summed E-state index contributed by atoms with van der Waals surface area (Å²) in [6, 6.07) is 9.25. The maximum absolute atomic E-state index is 9.98. The third-order valence-electron chi connectivity index (χ3n) is 3.81. The van der Waals surface area contributed by atoms with Crippen molar-refractivity contribution in [1.29, 1.82) is 0 Å². The summed E-state index contributed by atoms with van der Waals surface area (Å²) in [6.45, 7) is 2.18. The Labute approximate surface area is 114 Å². The zero-order valence-corrected chi connectivity index (χ0v) is 12.0. The Balaban J connectivity index is 1.95. The van der Waals surface area contributed by atoms with E-state index in [-0.39, 0.29) is 12.1 Å². The van der Waals surface area contributed by atoms with E-state index in [2.05, 4.69) is 42.8 Å². The van der Waals surface area contributed by atoms with Crippen molar-refractivity contribution < 1.29 is 5.11 Å². The molecule has 0 spiro atoms. The lowest BCUT2D eigenvalue weighted by Crippen LogP contribution is -2.43.